The summed E-state index contributed by atoms with van der Waals surface area (Å²) in [5, 5.41) is 8.98. The molecule has 0 radical (unpaired) electrons. The highest BCUT2D eigenvalue weighted by atomic mass is 16.5. The smallest absolute Gasteiger partial charge is 0.336 e. The Morgan fingerprint density at radius 2 is 1.81 bits per heavy atom. The molecule has 0 spiro atoms. The molecule has 0 bridgehead atoms. The number of nitrogens with zero attached hydrogens (tertiary/aromatic N) is 2. The third kappa shape index (κ3) is 3.60. The summed E-state index contributed by atoms with van der Waals surface area (Å²) in [7, 11) is 0. The molecule has 0 aliphatic rings. The topological polar surface area (TPSA) is 78.4 Å². The van der Waals surface area contributed by atoms with Gasteiger partial charge in [0.15, 0.2) is 6.61 Å². The van der Waals surface area contributed by atoms with Gasteiger partial charge in [0.1, 0.15) is 11.3 Å². The second-order valence-corrected chi connectivity index (χ2v) is 6.26. The molecule has 4 rings (SSSR count). The monoisotopic (exact) mass is 362 g/mol. The summed E-state index contributed by atoms with van der Waals surface area (Å²) < 4.78 is 16.7. The van der Waals surface area contributed by atoms with Crippen molar-refractivity contribution in [1.29, 1.82) is 0 Å². The third-order valence-electron chi connectivity index (χ3n) is 4.31. The maximum atomic E-state index is 11.7. The van der Waals surface area contributed by atoms with Crippen LogP contribution in [0.25, 0.3) is 22.4 Å². The second kappa shape index (κ2) is 7.07. The molecular formula is C21H18N2O4. The van der Waals surface area contributed by atoms with E-state index in [1.54, 1.807) is 6.07 Å². The predicted octanol–water partition coefficient (Wildman–Crippen LogP) is 4.29. The molecule has 0 saturated carbocycles. The molecule has 0 fully saturated rings. The van der Waals surface area contributed by atoms with Gasteiger partial charge in [-0.15, -0.1) is 10.2 Å². The molecule has 0 aliphatic heterocycles. The first-order valence-electron chi connectivity index (χ1n) is 8.71. The van der Waals surface area contributed by atoms with Crippen LogP contribution in [0.3, 0.4) is 0 Å². The lowest BCUT2D eigenvalue weighted by atomic mass is 10.1. The maximum Gasteiger partial charge on any atom is 0.336 e. The van der Waals surface area contributed by atoms with Crippen molar-refractivity contribution in [3.05, 3.63) is 76.0 Å². The van der Waals surface area contributed by atoms with Gasteiger partial charge in [-0.1, -0.05) is 24.6 Å². The van der Waals surface area contributed by atoms with E-state index in [1.165, 1.54) is 6.07 Å². The average molecular weight is 362 g/mol. The molecule has 27 heavy (non-hydrogen) atoms. The fourth-order valence-electron chi connectivity index (χ4n) is 2.86. The number of aromatic nitrogens is 2. The number of benzene rings is 2. The first kappa shape index (κ1) is 17.0. The van der Waals surface area contributed by atoms with E-state index in [2.05, 4.69) is 10.2 Å². The molecule has 4 aromatic rings. The van der Waals surface area contributed by atoms with E-state index in [4.69, 9.17) is 13.6 Å². The molecule has 0 amide bonds. The summed E-state index contributed by atoms with van der Waals surface area (Å²) >= 11 is 0. The van der Waals surface area contributed by atoms with Crippen LogP contribution in [0.1, 0.15) is 23.9 Å². The first-order chi connectivity index (χ1) is 13.1. The Kier molecular flexibility index (Phi) is 4.46. The standard InChI is InChI=1S/C21H18N2O4/c1-3-14-10-20(24)26-18-11-16(8-9-17(14)18)25-12-19-22-23-21(27-19)15-6-4-13(2)5-7-15/h4-11H,3,12H2,1-2H3. The van der Waals surface area contributed by atoms with Crippen molar-refractivity contribution in [3.8, 4) is 17.2 Å². The zero-order valence-electron chi connectivity index (χ0n) is 15.1. The van der Waals surface area contributed by atoms with Gasteiger partial charge in [0.05, 0.1) is 0 Å². The van der Waals surface area contributed by atoms with Crippen molar-refractivity contribution in [2.75, 3.05) is 0 Å². The third-order valence-corrected chi connectivity index (χ3v) is 4.31. The number of hydrogen-bond acceptors (Lipinski definition) is 6. The number of ether oxygens (including phenoxy) is 1. The van der Waals surface area contributed by atoms with Crippen LogP contribution in [-0.4, -0.2) is 10.2 Å². The number of hydrogen-bond donors (Lipinski definition) is 0. The molecule has 0 saturated heterocycles. The van der Waals surface area contributed by atoms with Gasteiger partial charge in [-0.3, -0.25) is 0 Å². The lowest BCUT2D eigenvalue weighted by molar-refractivity contribution is 0.264. The van der Waals surface area contributed by atoms with Gasteiger partial charge in [-0.2, -0.15) is 0 Å². The highest BCUT2D eigenvalue weighted by molar-refractivity contribution is 5.81. The van der Waals surface area contributed by atoms with Gasteiger partial charge in [0, 0.05) is 23.1 Å². The highest BCUT2D eigenvalue weighted by Gasteiger charge is 2.10. The molecule has 0 atom stereocenters. The normalized spacial score (nSPS) is 11.0. The summed E-state index contributed by atoms with van der Waals surface area (Å²) in [5.74, 6) is 1.38. The Labute approximate surface area is 155 Å². The minimum absolute atomic E-state index is 0.127. The van der Waals surface area contributed by atoms with Crippen molar-refractivity contribution in [2.24, 2.45) is 0 Å². The largest absolute Gasteiger partial charge is 0.484 e. The van der Waals surface area contributed by atoms with E-state index < -0.39 is 0 Å². The second-order valence-electron chi connectivity index (χ2n) is 6.26. The van der Waals surface area contributed by atoms with Crippen molar-refractivity contribution in [1.82, 2.24) is 10.2 Å². The lowest BCUT2D eigenvalue weighted by Gasteiger charge is -2.06. The average Bonchev–Trinajstić information content (AvgIpc) is 3.15. The van der Waals surface area contributed by atoms with Crippen molar-refractivity contribution in [3.63, 3.8) is 0 Å². The maximum absolute atomic E-state index is 11.7. The number of rotatable bonds is 5. The fourth-order valence-corrected chi connectivity index (χ4v) is 2.86. The quantitative estimate of drug-likeness (QED) is 0.493. The summed E-state index contributed by atoms with van der Waals surface area (Å²) in [4.78, 5) is 11.7. The van der Waals surface area contributed by atoms with Crippen LogP contribution in [0, 0.1) is 6.92 Å². The molecule has 2 heterocycles. The van der Waals surface area contributed by atoms with Gasteiger partial charge < -0.3 is 13.6 Å². The Morgan fingerprint density at radius 3 is 2.59 bits per heavy atom. The van der Waals surface area contributed by atoms with Gasteiger partial charge in [0.25, 0.3) is 5.89 Å². The van der Waals surface area contributed by atoms with Crippen molar-refractivity contribution < 1.29 is 13.6 Å². The molecule has 0 aliphatic carbocycles. The zero-order chi connectivity index (χ0) is 18.8. The Bertz CT molecular complexity index is 1140. The van der Waals surface area contributed by atoms with E-state index in [0.29, 0.717) is 23.1 Å². The fraction of sp³-hybridized carbons (Fsp3) is 0.190. The Morgan fingerprint density at radius 1 is 1.00 bits per heavy atom. The van der Waals surface area contributed by atoms with Gasteiger partial charge in [-0.25, -0.2) is 4.79 Å². The number of aryl methyl sites for hydroxylation is 2. The van der Waals surface area contributed by atoms with E-state index in [1.807, 2.05) is 50.2 Å². The van der Waals surface area contributed by atoms with Gasteiger partial charge in [-0.05, 0) is 43.2 Å². The molecule has 6 nitrogen and oxygen atoms in total. The molecular weight excluding hydrogens is 344 g/mol. The van der Waals surface area contributed by atoms with Crippen LogP contribution in [0.5, 0.6) is 5.75 Å². The van der Waals surface area contributed by atoms with Crippen LogP contribution >= 0.6 is 0 Å². The zero-order valence-corrected chi connectivity index (χ0v) is 15.1. The summed E-state index contributed by atoms with van der Waals surface area (Å²) in [6.07, 6.45) is 0.756. The van der Waals surface area contributed by atoms with E-state index >= 15 is 0 Å². The molecule has 0 unspecified atom stereocenters. The van der Waals surface area contributed by atoms with Gasteiger partial charge >= 0.3 is 5.63 Å². The highest BCUT2D eigenvalue weighted by Crippen LogP contribution is 2.24. The Balaban J connectivity index is 1.52. The van der Waals surface area contributed by atoms with Crippen molar-refractivity contribution >= 4 is 11.0 Å². The minimum atomic E-state index is -0.365. The summed E-state index contributed by atoms with van der Waals surface area (Å²) in [6, 6.07) is 14.8. The SMILES string of the molecule is CCc1cc(=O)oc2cc(OCc3nnc(-c4ccc(C)cc4)o3)ccc12. The Hall–Kier alpha value is -3.41. The molecule has 2 aromatic carbocycles. The van der Waals surface area contributed by atoms with Crippen LogP contribution in [0.4, 0.5) is 0 Å². The number of fused-ring (bicyclic) bond motifs is 1. The summed E-state index contributed by atoms with van der Waals surface area (Å²) in [6.45, 7) is 4.15. The van der Waals surface area contributed by atoms with Crippen LogP contribution in [0.15, 0.2) is 62.2 Å². The minimum Gasteiger partial charge on any atom is -0.484 e. The van der Waals surface area contributed by atoms with Crippen LogP contribution in [0.2, 0.25) is 0 Å². The summed E-state index contributed by atoms with van der Waals surface area (Å²) in [5.41, 5.74) is 3.11. The van der Waals surface area contributed by atoms with E-state index in [0.717, 1.165) is 28.5 Å². The van der Waals surface area contributed by atoms with E-state index in [-0.39, 0.29) is 12.2 Å². The van der Waals surface area contributed by atoms with Crippen molar-refractivity contribution in [2.45, 2.75) is 26.9 Å². The molecule has 0 N–H and O–H groups in total. The molecule has 6 heteroatoms. The molecule has 136 valence electrons. The molecule has 2 aromatic heterocycles. The van der Waals surface area contributed by atoms with Crippen LogP contribution < -0.4 is 10.4 Å². The van der Waals surface area contributed by atoms with Gasteiger partial charge in [0.2, 0.25) is 5.89 Å². The lowest BCUT2D eigenvalue weighted by Crippen LogP contribution is -2.00. The predicted molar refractivity (Wildman–Crippen MR) is 101 cm³/mol. The first-order valence-corrected chi connectivity index (χ1v) is 8.71. The van der Waals surface area contributed by atoms with E-state index in [9.17, 15) is 4.79 Å². The van der Waals surface area contributed by atoms with Crippen LogP contribution in [-0.2, 0) is 13.0 Å².